The van der Waals surface area contributed by atoms with Crippen molar-refractivity contribution in [3.8, 4) is 0 Å². The molecule has 3 unspecified atom stereocenters. The van der Waals surface area contributed by atoms with Gasteiger partial charge in [-0.1, -0.05) is 25.1 Å². The average molecular weight is 563 g/mol. The Hall–Kier alpha value is -3.43. The van der Waals surface area contributed by atoms with Gasteiger partial charge < -0.3 is 30.3 Å². The number of para-hydroxylation sites is 1. The number of unbranched alkanes of at least 4 members (excludes halogenated alkanes) is 1. The van der Waals surface area contributed by atoms with Crippen LogP contribution in [0.4, 0.5) is 17.1 Å². The molecule has 9 heteroatoms. The Morgan fingerprint density at radius 3 is 2.27 bits per heavy atom. The van der Waals surface area contributed by atoms with E-state index in [1.54, 1.807) is 4.90 Å². The molecule has 5 rings (SSSR count). The Balaban J connectivity index is 1.47. The maximum Gasteiger partial charge on any atom is 0.250 e. The fraction of sp³-hybridized carbons (Fsp3) is 0.531. The molecular formula is C32H42N4O5. The van der Waals surface area contributed by atoms with E-state index in [-0.39, 0.29) is 30.2 Å². The van der Waals surface area contributed by atoms with Crippen LogP contribution in [0.2, 0.25) is 0 Å². The number of carbonyl (C=O) groups excluding carboxylic acids is 3. The van der Waals surface area contributed by atoms with E-state index < -0.39 is 29.1 Å². The van der Waals surface area contributed by atoms with Crippen molar-refractivity contribution >= 4 is 34.8 Å². The van der Waals surface area contributed by atoms with Crippen LogP contribution in [0.5, 0.6) is 0 Å². The highest BCUT2D eigenvalue weighted by Crippen LogP contribution is 2.65. The fourth-order valence-electron chi connectivity index (χ4n) is 7.37. The van der Waals surface area contributed by atoms with E-state index in [2.05, 4.69) is 29.4 Å². The third-order valence-electron chi connectivity index (χ3n) is 9.46. The summed E-state index contributed by atoms with van der Waals surface area (Å²) < 4.78 is 6.77. The van der Waals surface area contributed by atoms with Crippen molar-refractivity contribution in [1.82, 2.24) is 4.90 Å². The number of ether oxygens (including phenoxy) is 1. The molecule has 3 saturated heterocycles. The van der Waals surface area contributed by atoms with Crippen molar-refractivity contribution in [2.75, 3.05) is 41.8 Å². The third kappa shape index (κ3) is 4.89. The number of hydrogen-bond acceptors (Lipinski definition) is 6. The van der Waals surface area contributed by atoms with Gasteiger partial charge in [0.05, 0.1) is 17.4 Å². The van der Waals surface area contributed by atoms with E-state index in [0.29, 0.717) is 37.2 Å². The second kappa shape index (κ2) is 11.4. The predicted octanol–water partition coefficient (Wildman–Crippen LogP) is 3.89. The van der Waals surface area contributed by atoms with Crippen LogP contribution in [0.15, 0.2) is 54.6 Å². The molecule has 3 heterocycles. The lowest BCUT2D eigenvalue weighted by atomic mass is 9.62. The number of aliphatic hydroxyl groups is 1. The second-order valence-corrected chi connectivity index (χ2v) is 11.7. The number of amides is 3. The molecule has 3 aliphatic heterocycles. The summed E-state index contributed by atoms with van der Waals surface area (Å²) in [6.45, 7) is 10.2. The Morgan fingerprint density at radius 2 is 1.63 bits per heavy atom. The van der Waals surface area contributed by atoms with E-state index in [1.807, 2.05) is 68.4 Å². The van der Waals surface area contributed by atoms with Crippen molar-refractivity contribution in [3.05, 3.63) is 54.6 Å². The minimum absolute atomic E-state index is 0.0000627. The molecule has 0 aliphatic carbocycles. The van der Waals surface area contributed by atoms with Crippen LogP contribution in [0.3, 0.4) is 0 Å². The smallest absolute Gasteiger partial charge is 0.250 e. The average Bonchev–Trinajstić information content (AvgIpc) is 3.47. The quantitative estimate of drug-likeness (QED) is 0.359. The van der Waals surface area contributed by atoms with Gasteiger partial charge in [-0.3, -0.25) is 14.4 Å². The van der Waals surface area contributed by atoms with Gasteiger partial charge in [0.2, 0.25) is 17.7 Å². The first-order chi connectivity index (χ1) is 19.7. The van der Waals surface area contributed by atoms with Gasteiger partial charge >= 0.3 is 0 Å². The number of nitrogens with zero attached hydrogens (tertiary/aromatic N) is 2. The number of aliphatic hydroxyl groups excluding tert-OH is 1. The highest BCUT2D eigenvalue weighted by atomic mass is 16.5. The minimum Gasteiger partial charge on any atom is -0.396 e. The molecule has 1 spiro atoms. The summed E-state index contributed by atoms with van der Waals surface area (Å²) in [4.78, 5) is 45.9. The molecule has 3 fully saturated rings. The van der Waals surface area contributed by atoms with Gasteiger partial charge in [-0.25, -0.2) is 0 Å². The largest absolute Gasteiger partial charge is 0.396 e. The van der Waals surface area contributed by atoms with Crippen LogP contribution in [-0.2, 0) is 19.1 Å². The summed E-state index contributed by atoms with van der Waals surface area (Å²) in [6.07, 6.45) is 1.56. The third-order valence-corrected chi connectivity index (χ3v) is 9.46. The first-order valence-corrected chi connectivity index (χ1v) is 14.8. The maximum absolute atomic E-state index is 14.2. The number of nitrogens with one attached hydrogen (secondary N) is 2. The Kier molecular flexibility index (Phi) is 8.12. The summed E-state index contributed by atoms with van der Waals surface area (Å²) in [5.41, 5.74) is 0.353. The zero-order valence-electron chi connectivity index (χ0n) is 24.4. The molecule has 3 aliphatic rings. The molecule has 9 nitrogen and oxygen atoms in total. The number of anilines is 3. The van der Waals surface area contributed by atoms with E-state index in [4.69, 9.17) is 4.74 Å². The summed E-state index contributed by atoms with van der Waals surface area (Å²) in [6, 6.07) is 16.0. The summed E-state index contributed by atoms with van der Waals surface area (Å²) >= 11 is 0. The number of carbonyl (C=O) groups is 3. The van der Waals surface area contributed by atoms with Gasteiger partial charge in [-0.05, 0) is 82.3 Å². The lowest BCUT2D eigenvalue weighted by Crippen LogP contribution is -2.54. The molecule has 41 heavy (non-hydrogen) atoms. The molecule has 3 amide bonds. The Labute approximate surface area is 242 Å². The van der Waals surface area contributed by atoms with E-state index >= 15 is 0 Å². The Morgan fingerprint density at radius 1 is 1.00 bits per heavy atom. The van der Waals surface area contributed by atoms with Gasteiger partial charge in [0, 0.05) is 43.3 Å². The monoisotopic (exact) mass is 562 g/mol. The topological polar surface area (TPSA) is 111 Å². The van der Waals surface area contributed by atoms with E-state index in [0.717, 1.165) is 18.8 Å². The van der Waals surface area contributed by atoms with Gasteiger partial charge in [0.1, 0.15) is 11.6 Å². The summed E-state index contributed by atoms with van der Waals surface area (Å²) in [5.74, 6) is -2.38. The normalized spacial score (nSPS) is 29.9. The fourth-order valence-corrected chi connectivity index (χ4v) is 7.37. The number of fused-ring (bicyclic) bond motifs is 1. The highest BCUT2D eigenvalue weighted by Gasteiger charge is 2.79. The van der Waals surface area contributed by atoms with Crippen LogP contribution < -0.4 is 15.5 Å². The SMILES string of the molecule is CCN(CC)c1ccc(NC(=O)C2N(CCCCO)C(=O)[C@@H]3[C@@H](C(=O)Nc4ccccc4)[C@]4(C)OC23CC4C)cc1. The molecule has 0 radical (unpaired) electrons. The van der Waals surface area contributed by atoms with Gasteiger partial charge in [-0.15, -0.1) is 0 Å². The number of rotatable bonds is 11. The lowest BCUT2D eigenvalue weighted by Gasteiger charge is -2.36. The van der Waals surface area contributed by atoms with Crippen molar-refractivity contribution in [3.63, 3.8) is 0 Å². The van der Waals surface area contributed by atoms with Crippen LogP contribution >= 0.6 is 0 Å². The molecule has 2 aromatic carbocycles. The molecular weight excluding hydrogens is 520 g/mol. The predicted molar refractivity (Wildman–Crippen MR) is 159 cm³/mol. The van der Waals surface area contributed by atoms with Crippen molar-refractivity contribution in [2.24, 2.45) is 17.8 Å². The molecule has 220 valence electrons. The maximum atomic E-state index is 14.2. The van der Waals surface area contributed by atoms with Crippen molar-refractivity contribution in [2.45, 2.75) is 64.2 Å². The molecule has 0 aromatic heterocycles. The molecule has 2 aromatic rings. The standard InChI is InChI=1S/C32H42N4O5/c1-5-35(6-2)24-16-14-23(15-17-24)34-29(39)27-32-20-21(3)31(4,41-32)25(28(38)33-22-12-8-7-9-13-22)26(32)30(40)36(27)18-10-11-19-37/h7-9,12-17,21,25-27,37H,5-6,10-11,18-20H2,1-4H3,(H,33,38)(H,34,39)/t21?,25-,26-,27?,31+,32?/m0/s1. The molecule has 3 N–H and O–H groups in total. The highest BCUT2D eigenvalue weighted by molar-refractivity contribution is 6.05. The first-order valence-electron chi connectivity index (χ1n) is 14.8. The summed E-state index contributed by atoms with van der Waals surface area (Å²) in [5, 5.41) is 15.4. The second-order valence-electron chi connectivity index (χ2n) is 11.7. The van der Waals surface area contributed by atoms with Gasteiger partial charge in [0.15, 0.2) is 0 Å². The number of hydrogen-bond donors (Lipinski definition) is 3. The Bertz CT molecular complexity index is 1270. The van der Waals surface area contributed by atoms with Crippen LogP contribution in [0.25, 0.3) is 0 Å². The van der Waals surface area contributed by atoms with Crippen LogP contribution in [-0.4, -0.2) is 71.2 Å². The number of likely N-dealkylation sites (tertiary alicyclic amines) is 1. The van der Waals surface area contributed by atoms with Gasteiger partial charge in [-0.2, -0.15) is 0 Å². The number of benzene rings is 2. The zero-order valence-corrected chi connectivity index (χ0v) is 24.4. The summed E-state index contributed by atoms with van der Waals surface area (Å²) in [7, 11) is 0. The zero-order chi connectivity index (χ0) is 29.4. The first kappa shape index (κ1) is 29.1. The van der Waals surface area contributed by atoms with Gasteiger partial charge in [0.25, 0.3) is 0 Å². The molecule has 6 atom stereocenters. The van der Waals surface area contributed by atoms with Crippen molar-refractivity contribution in [1.29, 1.82) is 0 Å². The molecule has 2 bridgehead atoms. The van der Waals surface area contributed by atoms with E-state index in [1.165, 1.54) is 0 Å². The van der Waals surface area contributed by atoms with E-state index in [9.17, 15) is 19.5 Å². The molecule has 0 saturated carbocycles. The minimum atomic E-state index is -1.12. The van der Waals surface area contributed by atoms with Crippen molar-refractivity contribution < 1.29 is 24.2 Å². The van der Waals surface area contributed by atoms with Crippen LogP contribution in [0, 0.1) is 17.8 Å². The van der Waals surface area contributed by atoms with Crippen LogP contribution in [0.1, 0.15) is 47.0 Å². The lowest BCUT2D eigenvalue weighted by molar-refractivity contribution is -0.144.